The van der Waals surface area contributed by atoms with Crippen molar-refractivity contribution in [3.63, 3.8) is 0 Å². The molecule has 3 aromatic rings. The Bertz CT molecular complexity index is 1410. The Labute approximate surface area is 238 Å². The van der Waals surface area contributed by atoms with Gasteiger partial charge in [-0.1, -0.05) is 72.3 Å². The molecule has 2 amide bonds. The first-order valence-corrected chi connectivity index (χ1v) is 14.8. The van der Waals surface area contributed by atoms with E-state index in [2.05, 4.69) is 5.32 Å². The number of nitrogens with one attached hydrogen (secondary N) is 1. The summed E-state index contributed by atoms with van der Waals surface area (Å²) in [5.74, 6) is -0.764. The smallest absolute Gasteiger partial charge is 0.304 e. The highest BCUT2D eigenvalue weighted by atomic mass is 32.2. The fraction of sp³-hybridized carbons (Fsp3) is 0.355. The van der Waals surface area contributed by atoms with Gasteiger partial charge in [-0.25, -0.2) is 4.31 Å². The van der Waals surface area contributed by atoms with Crippen molar-refractivity contribution in [2.75, 3.05) is 31.5 Å². The molecule has 1 N–H and O–H groups in total. The summed E-state index contributed by atoms with van der Waals surface area (Å²) >= 11 is 0. The van der Waals surface area contributed by atoms with E-state index in [-0.39, 0.29) is 18.9 Å². The molecule has 0 aliphatic rings. The molecule has 9 heteroatoms. The van der Waals surface area contributed by atoms with Crippen LogP contribution in [-0.2, 0) is 32.8 Å². The first-order chi connectivity index (χ1) is 18.9. The molecule has 3 aromatic carbocycles. The Morgan fingerprint density at radius 3 is 2.08 bits per heavy atom. The second-order valence-corrected chi connectivity index (χ2v) is 12.3. The van der Waals surface area contributed by atoms with Gasteiger partial charge >= 0.3 is 10.2 Å². The van der Waals surface area contributed by atoms with Gasteiger partial charge in [0, 0.05) is 33.6 Å². The Morgan fingerprint density at radius 2 is 1.48 bits per heavy atom. The van der Waals surface area contributed by atoms with Gasteiger partial charge in [-0.05, 0) is 56.0 Å². The second-order valence-electron chi connectivity index (χ2n) is 10.2. The van der Waals surface area contributed by atoms with Crippen LogP contribution in [0.5, 0.6) is 0 Å². The van der Waals surface area contributed by atoms with Crippen molar-refractivity contribution in [1.29, 1.82) is 0 Å². The first-order valence-electron chi connectivity index (χ1n) is 13.4. The summed E-state index contributed by atoms with van der Waals surface area (Å²) in [7, 11) is -1.16. The number of benzene rings is 3. The number of carbonyl (C=O) groups excluding carboxylic acids is 2. The molecule has 0 aliphatic heterocycles. The van der Waals surface area contributed by atoms with E-state index in [1.807, 2.05) is 94.4 Å². The van der Waals surface area contributed by atoms with Gasteiger partial charge in [0.15, 0.2) is 0 Å². The summed E-state index contributed by atoms with van der Waals surface area (Å²) in [4.78, 5) is 29.2. The maximum absolute atomic E-state index is 14.2. The minimum absolute atomic E-state index is 0.149. The van der Waals surface area contributed by atoms with Crippen molar-refractivity contribution >= 4 is 27.7 Å². The standard InChI is InChI=1S/C31H40N4O4S/c1-7-32-31(37)29(20-26-11-9-8-10-12-26)34(21-27-17-14-23(2)15-18-27)30(36)22-35(40(38,39)33(5)6)28-19-24(3)13-16-25(28)4/h8-19,29H,7,20-22H2,1-6H3,(H,32,37)/t29-/m1/s1. The Hall–Kier alpha value is -3.69. The third-order valence-corrected chi connectivity index (χ3v) is 8.55. The highest BCUT2D eigenvalue weighted by molar-refractivity contribution is 7.90. The topological polar surface area (TPSA) is 90.0 Å². The summed E-state index contributed by atoms with van der Waals surface area (Å²) < 4.78 is 29.3. The molecule has 0 spiro atoms. The maximum Gasteiger partial charge on any atom is 0.304 e. The number of carbonyl (C=O) groups is 2. The maximum atomic E-state index is 14.2. The highest BCUT2D eigenvalue weighted by Crippen LogP contribution is 2.26. The lowest BCUT2D eigenvalue weighted by Crippen LogP contribution is -2.54. The molecule has 0 saturated carbocycles. The van der Waals surface area contributed by atoms with Crippen LogP contribution in [0.25, 0.3) is 0 Å². The lowest BCUT2D eigenvalue weighted by Gasteiger charge is -2.34. The van der Waals surface area contributed by atoms with Crippen LogP contribution in [-0.4, -0.2) is 62.7 Å². The summed E-state index contributed by atoms with van der Waals surface area (Å²) in [6.45, 7) is 7.59. The van der Waals surface area contributed by atoms with Crippen LogP contribution in [0.2, 0.25) is 0 Å². The zero-order chi connectivity index (χ0) is 29.4. The molecule has 214 valence electrons. The molecule has 3 rings (SSSR count). The first kappa shape index (κ1) is 30.8. The van der Waals surface area contributed by atoms with Crippen LogP contribution in [0.3, 0.4) is 0 Å². The molecule has 0 unspecified atom stereocenters. The van der Waals surface area contributed by atoms with E-state index < -0.39 is 28.7 Å². The molecule has 40 heavy (non-hydrogen) atoms. The highest BCUT2D eigenvalue weighted by Gasteiger charge is 2.35. The van der Waals surface area contributed by atoms with Crippen molar-refractivity contribution in [2.45, 2.75) is 46.7 Å². The average Bonchev–Trinajstić information content (AvgIpc) is 2.92. The van der Waals surface area contributed by atoms with E-state index in [1.165, 1.54) is 19.0 Å². The van der Waals surface area contributed by atoms with E-state index in [1.54, 1.807) is 6.07 Å². The molecule has 8 nitrogen and oxygen atoms in total. The van der Waals surface area contributed by atoms with Crippen LogP contribution in [0.1, 0.15) is 34.7 Å². The Kier molecular flexibility index (Phi) is 10.5. The predicted octanol–water partition coefficient (Wildman–Crippen LogP) is 4.00. The van der Waals surface area contributed by atoms with Gasteiger partial charge in [-0.2, -0.15) is 12.7 Å². The number of rotatable bonds is 12. The number of hydrogen-bond donors (Lipinski definition) is 1. The molecule has 0 heterocycles. The molecule has 1 atom stereocenters. The number of likely N-dealkylation sites (N-methyl/N-ethyl adjacent to an activating group) is 1. The fourth-order valence-electron chi connectivity index (χ4n) is 4.43. The number of nitrogens with zero attached hydrogens (tertiary/aromatic N) is 3. The zero-order valence-corrected chi connectivity index (χ0v) is 25.0. The van der Waals surface area contributed by atoms with Crippen molar-refractivity contribution in [3.05, 3.63) is 101 Å². The minimum atomic E-state index is -4.03. The number of anilines is 1. The molecule has 0 fully saturated rings. The zero-order valence-electron chi connectivity index (χ0n) is 24.2. The number of aryl methyl sites for hydroxylation is 3. The molecule has 0 bridgehead atoms. The van der Waals surface area contributed by atoms with E-state index in [9.17, 15) is 18.0 Å². The molecular weight excluding hydrogens is 524 g/mol. The predicted molar refractivity (Wildman–Crippen MR) is 160 cm³/mol. The summed E-state index contributed by atoms with van der Waals surface area (Å²) in [5.41, 5.74) is 4.83. The van der Waals surface area contributed by atoms with Gasteiger partial charge in [0.2, 0.25) is 11.8 Å². The summed E-state index contributed by atoms with van der Waals surface area (Å²) in [6.07, 6.45) is 0.286. The summed E-state index contributed by atoms with van der Waals surface area (Å²) in [5, 5.41) is 2.87. The van der Waals surface area contributed by atoms with E-state index in [0.717, 1.165) is 36.4 Å². The van der Waals surface area contributed by atoms with Crippen LogP contribution in [0.15, 0.2) is 72.8 Å². The molecule has 0 aromatic heterocycles. The summed E-state index contributed by atoms with van der Waals surface area (Å²) in [6, 6.07) is 21.9. The Morgan fingerprint density at radius 1 is 0.850 bits per heavy atom. The fourth-order valence-corrected chi connectivity index (χ4v) is 5.54. The van der Waals surface area contributed by atoms with Crippen molar-refractivity contribution in [1.82, 2.24) is 14.5 Å². The SMILES string of the molecule is CCNC(=O)[C@@H](Cc1ccccc1)N(Cc1ccc(C)cc1)C(=O)CN(c1cc(C)ccc1C)S(=O)(=O)N(C)C. The van der Waals surface area contributed by atoms with Crippen LogP contribution in [0, 0.1) is 20.8 Å². The van der Waals surface area contributed by atoms with Gasteiger partial charge < -0.3 is 10.2 Å². The monoisotopic (exact) mass is 564 g/mol. The largest absolute Gasteiger partial charge is 0.355 e. The van der Waals surface area contributed by atoms with E-state index >= 15 is 0 Å². The van der Waals surface area contributed by atoms with Gasteiger partial charge in [-0.15, -0.1) is 0 Å². The third kappa shape index (κ3) is 7.70. The normalized spacial score (nSPS) is 12.2. The molecule has 0 saturated heterocycles. The van der Waals surface area contributed by atoms with Crippen LogP contribution >= 0.6 is 0 Å². The van der Waals surface area contributed by atoms with Crippen LogP contribution in [0.4, 0.5) is 5.69 Å². The van der Waals surface area contributed by atoms with Gasteiger partial charge in [0.05, 0.1) is 5.69 Å². The van der Waals surface area contributed by atoms with Gasteiger partial charge in [0.25, 0.3) is 0 Å². The molecule has 0 radical (unpaired) electrons. The van der Waals surface area contributed by atoms with Gasteiger partial charge in [-0.3, -0.25) is 9.59 Å². The van der Waals surface area contributed by atoms with Crippen molar-refractivity contribution in [3.8, 4) is 0 Å². The lowest BCUT2D eigenvalue weighted by molar-refractivity contribution is -0.140. The number of amides is 2. The number of hydrogen-bond acceptors (Lipinski definition) is 4. The molecule has 0 aliphatic carbocycles. The minimum Gasteiger partial charge on any atom is -0.355 e. The van der Waals surface area contributed by atoms with E-state index in [0.29, 0.717) is 12.2 Å². The van der Waals surface area contributed by atoms with Crippen molar-refractivity contribution < 1.29 is 18.0 Å². The van der Waals surface area contributed by atoms with Gasteiger partial charge in [0.1, 0.15) is 12.6 Å². The Balaban J connectivity index is 2.11. The average molecular weight is 565 g/mol. The van der Waals surface area contributed by atoms with Crippen LogP contribution < -0.4 is 9.62 Å². The molecular formula is C31H40N4O4S. The third-order valence-electron chi connectivity index (χ3n) is 6.75. The lowest BCUT2D eigenvalue weighted by atomic mass is 10.0. The second kappa shape index (κ2) is 13.6. The quantitative estimate of drug-likeness (QED) is 0.360. The van der Waals surface area contributed by atoms with Crippen molar-refractivity contribution in [2.24, 2.45) is 0 Å². The van der Waals surface area contributed by atoms with E-state index in [4.69, 9.17) is 0 Å².